The van der Waals surface area contributed by atoms with Crippen LogP contribution < -0.4 is 0 Å². The molecular formula is C27H50O6. The molecule has 0 amide bonds. The lowest BCUT2D eigenvalue weighted by molar-refractivity contribution is -0.159. The Balaban J connectivity index is 0.000000389. The first-order valence-electron chi connectivity index (χ1n) is 13.2. The third-order valence-corrected chi connectivity index (χ3v) is 8.36. The van der Waals surface area contributed by atoms with Crippen molar-refractivity contribution in [1.29, 1.82) is 0 Å². The van der Waals surface area contributed by atoms with Crippen LogP contribution in [0.1, 0.15) is 99.8 Å². The largest absolute Gasteiger partial charge is 0.463 e. The molecular weight excluding hydrogens is 420 g/mol. The third-order valence-electron chi connectivity index (χ3n) is 8.36. The van der Waals surface area contributed by atoms with Crippen LogP contribution >= 0.6 is 0 Å². The van der Waals surface area contributed by atoms with E-state index in [1.807, 2.05) is 48.5 Å². The molecule has 0 heterocycles. The van der Waals surface area contributed by atoms with E-state index >= 15 is 0 Å². The Morgan fingerprint density at radius 1 is 0.909 bits per heavy atom. The Morgan fingerprint density at radius 3 is 1.88 bits per heavy atom. The van der Waals surface area contributed by atoms with E-state index in [4.69, 9.17) is 19.3 Å². The monoisotopic (exact) mass is 470 g/mol. The van der Waals surface area contributed by atoms with Crippen LogP contribution in [0.25, 0.3) is 0 Å². The molecule has 2 aliphatic carbocycles. The lowest BCUT2D eigenvalue weighted by Crippen LogP contribution is -2.31. The lowest BCUT2D eigenvalue weighted by Gasteiger charge is -2.26. The molecule has 2 bridgehead atoms. The second-order valence-electron chi connectivity index (χ2n) is 10.6. The normalized spacial score (nSPS) is 23.0. The number of carbonyl (C=O) groups excluding carboxylic acids is 2. The molecule has 2 saturated carbocycles. The molecule has 0 aromatic heterocycles. The van der Waals surface area contributed by atoms with Crippen molar-refractivity contribution >= 4 is 11.9 Å². The van der Waals surface area contributed by atoms with E-state index in [0.29, 0.717) is 6.61 Å². The molecule has 2 aliphatic rings. The van der Waals surface area contributed by atoms with Gasteiger partial charge in [0, 0.05) is 0 Å². The summed E-state index contributed by atoms with van der Waals surface area (Å²) in [6.07, 6.45) is 8.79. The van der Waals surface area contributed by atoms with E-state index < -0.39 is 0 Å². The van der Waals surface area contributed by atoms with Gasteiger partial charge in [0.25, 0.3) is 0 Å². The van der Waals surface area contributed by atoms with Crippen LogP contribution in [0.5, 0.6) is 0 Å². The Bertz CT molecular complexity index is 581. The molecule has 4 unspecified atom stereocenters. The molecule has 0 radical (unpaired) electrons. The van der Waals surface area contributed by atoms with Crippen molar-refractivity contribution < 1.29 is 28.9 Å². The minimum Gasteiger partial charge on any atom is -0.463 e. The van der Waals surface area contributed by atoms with Gasteiger partial charge in [-0.2, -0.15) is 0 Å². The fourth-order valence-electron chi connectivity index (χ4n) is 4.67. The minimum absolute atomic E-state index is 0.00559. The number of aliphatic hydroxyl groups excluding tert-OH is 1. The SMILES string of the molecule is CCC(C)(CC)C(=O)OCC(C)OCC1CC2CCC1C2.CCC(C)(CC)C(=O)OCCO. The molecule has 2 fully saturated rings. The van der Waals surface area contributed by atoms with Crippen molar-refractivity contribution in [3.8, 4) is 0 Å². The summed E-state index contributed by atoms with van der Waals surface area (Å²) in [7, 11) is 0. The van der Waals surface area contributed by atoms with Gasteiger partial charge >= 0.3 is 11.9 Å². The Morgan fingerprint density at radius 2 is 1.45 bits per heavy atom. The van der Waals surface area contributed by atoms with E-state index in [0.717, 1.165) is 50.0 Å². The predicted molar refractivity (Wildman–Crippen MR) is 131 cm³/mol. The number of ether oxygens (including phenoxy) is 3. The highest BCUT2D eigenvalue weighted by Crippen LogP contribution is 2.48. The second-order valence-corrected chi connectivity index (χ2v) is 10.6. The van der Waals surface area contributed by atoms with Gasteiger partial charge in [-0.25, -0.2) is 0 Å². The average Bonchev–Trinajstić information content (AvgIpc) is 3.47. The van der Waals surface area contributed by atoms with E-state index in [-0.39, 0.29) is 42.1 Å². The summed E-state index contributed by atoms with van der Waals surface area (Å²) in [5.41, 5.74) is -0.723. The van der Waals surface area contributed by atoms with E-state index in [9.17, 15) is 9.59 Å². The quantitative estimate of drug-likeness (QED) is 0.356. The van der Waals surface area contributed by atoms with Gasteiger partial charge in [-0.15, -0.1) is 0 Å². The van der Waals surface area contributed by atoms with Crippen LogP contribution in [0.4, 0.5) is 0 Å². The third kappa shape index (κ3) is 8.86. The zero-order chi connectivity index (χ0) is 25.1. The number of esters is 2. The van der Waals surface area contributed by atoms with Crippen LogP contribution in [0.2, 0.25) is 0 Å². The topological polar surface area (TPSA) is 82.1 Å². The number of carbonyl (C=O) groups is 2. The molecule has 194 valence electrons. The van der Waals surface area contributed by atoms with E-state index in [2.05, 4.69) is 0 Å². The summed E-state index contributed by atoms with van der Waals surface area (Å²) in [5.74, 6) is 2.32. The molecule has 0 aromatic rings. The van der Waals surface area contributed by atoms with Crippen LogP contribution in [0, 0.1) is 28.6 Å². The van der Waals surface area contributed by atoms with Gasteiger partial charge in [-0.05, 0) is 83.5 Å². The van der Waals surface area contributed by atoms with Crippen molar-refractivity contribution in [1.82, 2.24) is 0 Å². The molecule has 2 rings (SSSR count). The van der Waals surface area contributed by atoms with Crippen molar-refractivity contribution in [2.75, 3.05) is 26.4 Å². The first kappa shape index (κ1) is 29.9. The fourth-order valence-corrected chi connectivity index (χ4v) is 4.67. The van der Waals surface area contributed by atoms with E-state index in [1.54, 1.807) is 0 Å². The highest BCUT2D eigenvalue weighted by atomic mass is 16.6. The van der Waals surface area contributed by atoms with Crippen LogP contribution in [0.15, 0.2) is 0 Å². The fraction of sp³-hybridized carbons (Fsp3) is 0.926. The first-order chi connectivity index (χ1) is 15.6. The van der Waals surface area contributed by atoms with Gasteiger partial charge in [-0.3, -0.25) is 9.59 Å². The van der Waals surface area contributed by atoms with Crippen LogP contribution in [-0.2, 0) is 23.8 Å². The van der Waals surface area contributed by atoms with E-state index in [1.165, 1.54) is 25.7 Å². The van der Waals surface area contributed by atoms with Crippen molar-refractivity contribution in [3.63, 3.8) is 0 Å². The molecule has 6 nitrogen and oxygen atoms in total. The van der Waals surface area contributed by atoms with Gasteiger partial charge in [0.05, 0.1) is 30.1 Å². The summed E-state index contributed by atoms with van der Waals surface area (Å²) in [4.78, 5) is 23.5. The molecule has 0 aliphatic heterocycles. The Hall–Kier alpha value is -1.14. The van der Waals surface area contributed by atoms with Crippen molar-refractivity contribution in [3.05, 3.63) is 0 Å². The minimum atomic E-state index is -0.380. The first-order valence-corrected chi connectivity index (χ1v) is 13.2. The van der Waals surface area contributed by atoms with Crippen LogP contribution in [0.3, 0.4) is 0 Å². The number of fused-ring (bicyclic) bond motifs is 2. The maximum Gasteiger partial charge on any atom is 0.311 e. The molecule has 0 saturated heterocycles. The van der Waals surface area contributed by atoms with Gasteiger partial charge in [0.2, 0.25) is 0 Å². The van der Waals surface area contributed by atoms with Gasteiger partial charge in [0.15, 0.2) is 0 Å². The average molecular weight is 471 g/mol. The van der Waals surface area contributed by atoms with Crippen LogP contribution in [-0.4, -0.2) is 49.6 Å². The van der Waals surface area contributed by atoms with Gasteiger partial charge < -0.3 is 19.3 Å². The molecule has 0 aromatic carbocycles. The summed E-state index contributed by atoms with van der Waals surface area (Å²) in [6, 6.07) is 0. The molecule has 4 atom stereocenters. The number of aliphatic hydroxyl groups is 1. The molecule has 6 heteroatoms. The Labute approximate surface area is 202 Å². The predicted octanol–water partition coefficient (Wildman–Crippen LogP) is 5.55. The second kappa shape index (κ2) is 14.3. The van der Waals surface area contributed by atoms with Crippen molar-refractivity contribution in [2.24, 2.45) is 28.6 Å². The Kier molecular flexibility index (Phi) is 13.0. The smallest absolute Gasteiger partial charge is 0.311 e. The van der Waals surface area contributed by atoms with Gasteiger partial charge in [-0.1, -0.05) is 34.1 Å². The molecule has 33 heavy (non-hydrogen) atoms. The summed E-state index contributed by atoms with van der Waals surface area (Å²) >= 11 is 0. The highest BCUT2D eigenvalue weighted by molar-refractivity contribution is 5.76. The number of rotatable bonds is 13. The highest BCUT2D eigenvalue weighted by Gasteiger charge is 2.39. The standard InChI is InChI=1S/C18H32O3.C9H18O3/c1-5-18(4,6-2)17(19)21-11-13(3)20-12-16-10-14-7-8-15(16)9-14;1-4-9(3,5-2)8(11)12-7-6-10/h13-16H,5-12H2,1-4H3;10H,4-7H2,1-3H3. The maximum atomic E-state index is 12.1. The number of hydrogen-bond acceptors (Lipinski definition) is 6. The molecule has 0 spiro atoms. The summed E-state index contributed by atoms with van der Waals surface area (Å²) in [6.45, 7) is 15.1. The summed E-state index contributed by atoms with van der Waals surface area (Å²) in [5, 5.41) is 8.45. The summed E-state index contributed by atoms with van der Waals surface area (Å²) < 4.78 is 16.2. The zero-order valence-corrected chi connectivity index (χ0v) is 22.3. The van der Waals surface area contributed by atoms with Crippen molar-refractivity contribution in [2.45, 2.75) is 106 Å². The zero-order valence-electron chi connectivity index (χ0n) is 22.3. The maximum absolute atomic E-state index is 12.1. The number of hydrogen-bond donors (Lipinski definition) is 1. The molecule has 1 N–H and O–H groups in total. The van der Waals surface area contributed by atoms with Gasteiger partial charge in [0.1, 0.15) is 13.2 Å². The lowest BCUT2D eigenvalue weighted by atomic mass is 9.85.